The van der Waals surface area contributed by atoms with Gasteiger partial charge in [-0.1, -0.05) is 29.8 Å². The van der Waals surface area contributed by atoms with Gasteiger partial charge in [-0.3, -0.25) is 0 Å². The molecule has 1 nitrogen and oxygen atoms in total. The van der Waals surface area contributed by atoms with Gasteiger partial charge in [0.05, 0.1) is 0 Å². The van der Waals surface area contributed by atoms with Gasteiger partial charge in [-0.05, 0) is 43.5 Å². The fourth-order valence-corrected chi connectivity index (χ4v) is 3.04. The van der Waals surface area contributed by atoms with Gasteiger partial charge in [0.2, 0.25) is 0 Å². The molecule has 2 heteroatoms. The number of anilines is 1. The smallest absolute Gasteiger partial charge is 0.0408 e. The van der Waals surface area contributed by atoms with Crippen LogP contribution >= 0.6 is 11.6 Å². The highest BCUT2D eigenvalue weighted by Gasteiger charge is 2.27. The van der Waals surface area contributed by atoms with E-state index in [4.69, 9.17) is 11.6 Å². The maximum absolute atomic E-state index is 6.13. The van der Waals surface area contributed by atoms with Gasteiger partial charge in [0.25, 0.3) is 0 Å². The highest BCUT2D eigenvalue weighted by Crippen LogP contribution is 2.38. The summed E-state index contributed by atoms with van der Waals surface area (Å²) in [7, 11) is 0. The van der Waals surface area contributed by atoms with Crippen molar-refractivity contribution >= 4 is 17.3 Å². The van der Waals surface area contributed by atoms with E-state index in [0.717, 1.165) is 18.0 Å². The number of hydrogen-bond acceptors (Lipinski definition) is 1. The SMILES string of the molecule is ClC1=CC=C2C(CCCN2c2ccccc2)C1. The Bertz CT molecular complexity index is 461. The Morgan fingerprint density at radius 2 is 1.94 bits per heavy atom. The van der Waals surface area contributed by atoms with Crippen LogP contribution in [0.2, 0.25) is 0 Å². The Morgan fingerprint density at radius 1 is 1.12 bits per heavy atom. The van der Waals surface area contributed by atoms with Crippen LogP contribution in [0.25, 0.3) is 0 Å². The van der Waals surface area contributed by atoms with Gasteiger partial charge >= 0.3 is 0 Å². The molecule has 3 rings (SSSR count). The summed E-state index contributed by atoms with van der Waals surface area (Å²) in [4.78, 5) is 2.44. The standard InChI is InChI=1S/C15H16ClN/c16-13-8-9-15-12(11-13)5-4-10-17(15)14-6-2-1-3-7-14/h1-3,6-9,12H,4-5,10-11H2. The second-order valence-corrected chi connectivity index (χ2v) is 5.22. The largest absolute Gasteiger partial charge is 0.345 e. The van der Waals surface area contributed by atoms with Crippen LogP contribution < -0.4 is 4.90 Å². The third-order valence-corrected chi connectivity index (χ3v) is 3.89. The van der Waals surface area contributed by atoms with Crippen molar-refractivity contribution in [1.82, 2.24) is 0 Å². The summed E-state index contributed by atoms with van der Waals surface area (Å²) < 4.78 is 0. The van der Waals surface area contributed by atoms with Crippen molar-refractivity contribution in [2.45, 2.75) is 19.3 Å². The van der Waals surface area contributed by atoms with Crippen LogP contribution in [-0.4, -0.2) is 6.54 Å². The number of fused-ring (bicyclic) bond motifs is 1. The Labute approximate surface area is 107 Å². The molecule has 1 unspecified atom stereocenters. The number of nitrogens with zero attached hydrogens (tertiary/aromatic N) is 1. The molecule has 1 atom stereocenters. The van der Waals surface area contributed by atoms with Crippen LogP contribution in [0.5, 0.6) is 0 Å². The summed E-state index contributed by atoms with van der Waals surface area (Å²) in [5.41, 5.74) is 2.74. The maximum Gasteiger partial charge on any atom is 0.0408 e. The minimum atomic E-state index is 0.612. The van der Waals surface area contributed by atoms with Gasteiger partial charge in [0, 0.05) is 28.9 Å². The second kappa shape index (κ2) is 4.58. The Morgan fingerprint density at radius 3 is 2.76 bits per heavy atom. The van der Waals surface area contributed by atoms with E-state index in [1.807, 2.05) is 0 Å². The average molecular weight is 246 g/mol. The summed E-state index contributed by atoms with van der Waals surface area (Å²) in [6.07, 6.45) is 7.77. The van der Waals surface area contributed by atoms with E-state index in [-0.39, 0.29) is 0 Å². The summed E-state index contributed by atoms with van der Waals surface area (Å²) in [5.74, 6) is 0.612. The molecule has 1 aliphatic heterocycles. The molecule has 1 aliphatic carbocycles. The Balaban J connectivity index is 1.95. The summed E-state index contributed by atoms with van der Waals surface area (Å²) in [6.45, 7) is 1.12. The lowest BCUT2D eigenvalue weighted by Gasteiger charge is -2.38. The molecule has 1 aromatic rings. The van der Waals surface area contributed by atoms with Crippen molar-refractivity contribution < 1.29 is 0 Å². The van der Waals surface area contributed by atoms with Crippen molar-refractivity contribution in [3.05, 3.63) is 53.2 Å². The number of allylic oxidation sites excluding steroid dienone is 4. The number of hydrogen-bond donors (Lipinski definition) is 0. The molecule has 1 heterocycles. The minimum Gasteiger partial charge on any atom is -0.345 e. The minimum absolute atomic E-state index is 0.612. The zero-order valence-electron chi connectivity index (χ0n) is 9.77. The number of benzene rings is 1. The average Bonchev–Trinajstić information content (AvgIpc) is 2.39. The summed E-state index contributed by atoms with van der Waals surface area (Å²) >= 11 is 6.13. The van der Waals surface area contributed by atoms with Gasteiger partial charge in [-0.2, -0.15) is 0 Å². The lowest BCUT2D eigenvalue weighted by atomic mass is 9.87. The van der Waals surface area contributed by atoms with Crippen molar-refractivity contribution in [3.8, 4) is 0 Å². The molecular formula is C15H16ClN. The number of piperidine rings is 1. The molecule has 0 amide bonds. The maximum atomic E-state index is 6.13. The van der Waals surface area contributed by atoms with Crippen LogP contribution in [0.1, 0.15) is 19.3 Å². The van der Waals surface area contributed by atoms with Crippen molar-refractivity contribution in [2.75, 3.05) is 11.4 Å². The van der Waals surface area contributed by atoms with Crippen molar-refractivity contribution in [3.63, 3.8) is 0 Å². The molecule has 0 aromatic heterocycles. The number of rotatable bonds is 1. The molecule has 0 N–H and O–H groups in total. The predicted molar refractivity (Wildman–Crippen MR) is 73.1 cm³/mol. The zero-order chi connectivity index (χ0) is 11.7. The van der Waals surface area contributed by atoms with Crippen LogP contribution in [0.3, 0.4) is 0 Å². The van der Waals surface area contributed by atoms with Gasteiger partial charge in [-0.25, -0.2) is 0 Å². The summed E-state index contributed by atoms with van der Waals surface area (Å²) in [5, 5.41) is 0.994. The van der Waals surface area contributed by atoms with Crippen molar-refractivity contribution in [2.24, 2.45) is 5.92 Å². The van der Waals surface area contributed by atoms with E-state index < -0.39 is 0 Å². The lowest BCUT2D eigenvalue weighted by Crippen LogP contribution is -2.34. The normalized spacial score (nSPS) is 23.8. The molecular weight excluding hydrogens is 230 g/mol. The molecule has 1 aromatic carbocycles. The lowest BCUT2D eigenvalue weighted by molar-refractivity contribution is 0.473. The van der Waals surface area contributed by atoms with E-state index in [1.165, 1.54) is 24.2 Å². The number of para-hydroxylation sites is 1. The summed E-state index contributed by atoms with van der Waals surface area (Å²) in [6, 6.07) is 10.6. The van der Waals surface area contributed by atoms with Crippen molar-refractivity contribution in [1.29, 1.82) is 0 Å². The van der Waals surface area contributed by atoms with Gasteiger partial charge in [0.15, 0.2) is 0 Å². The predicted octanol–water partition coefficient (Wildman–Crippen LogP) is 4.31. The van der Waals surface area contributed by atoms with Gasteiger partial charge in [0.1, 0.15) is 0 Å². The van der Waals surface area contributed by atoms with Gasteiger partial charge < -0.3 is 4.90 Å². The monoisotopic (exact) mass is 245 g/mol. The molecule has 0 saturated carbocycles. The van der Waals surface area contributed by atoms with Crippen LogP contribution in [-0.2, 0) is 0 Å². The highest BCUT2D eigenvalue weighted by atomic mass is 35.5. The van der Waals surface area contributed by atoms with Crippen LogP contribution in [0, 0.1) is 5.92 Å². The molecule has 0 spiro atoms. The van der Waals surface area contributed by atoms with Crippen LogP contribution in [0.15, 0.2) is 53.2 Å². The first-order chi connectivity index (χ1) is 8.34. The Hall–Kier alpha value is -1.21. The highest BCUT2D eigenvalue weighted by molar-refractivity contribution is 6.29. The van der Waals surface area contributed by atoms with Gasteiger partial charge in [-0.15, -0.1) is 0 Å². The third kappa shape index (κ3) is 2.12. The fourth-order valence-electron chi connectivity index (χ4n) is 2.79. The van der Waals surface area contributed by atoms with E-state index in [2.05, 4.69) is 47.4 Å². The first kappa shape index (κ1) is 10.9. The molecule has 88 valence electrons. The third-order valence-electron chi connectivity index (χ3n) is 3.61. The molecule has 2 aliphatic rings. The molecule has 17 heavy (non-hydrogen) atoms. The first-order valence-corrected chi connectivity index (χ1v) is 6.61. The quantitative estimate of drug-likeness (QED) is 0.713. The van der Waals surface area contributed by atoms with E-state index >= 15 is 0 Å². The second-order valence-electron chi connectivity index (χ2n) is 4.74. The zero-order valence-corrected chi connectivity index (χ0v) is 10.5. The topological polar surface area (TPSA) is 3.24 Å². The molecule has 0 bridgehead atoms. The van der Waals surface area contributed by atoms with E-state index in [9.17, 15) is 0 Å². The number of halogens is 1. The molecule has 0 radical (unpaired) electrons. The first-order valence-electron chi connectivity index (χ1n) is 6.23. The van der Waals surface area contributed by atoms with E-state index in [1.54, 1.807) is 0 Å². The molecule has 1 saturated heterocycles. The van der Waals surface area contributed by atoms with E-state index in [0.29, 0.717) is 5.92 Å². The molecule has 1 fully saturated rings. The van der Waals surface area contributed by atoms with Crippen LogP contribution in [0.4, 0.5) is 5.69 Å². The fraction of sp³-hybridized carbons (Fsp3) is 0.333. The Kier molecular flexibility index (Phi) is 2.94.